The molecule has 0 unspecified atom stereocenters. The van der Waals surface area contributed by atoms with Crippen LogP contribution in [-0.2, 0) is 0 Å². The van der Waals surface area contributed by atoms with Gasteiger partial charge in [0.15, 0.2) is 0 Å². The molecule has 0 radical (unpaired) electrons. The van der Waals surface area contributed by atoms with Gasteiger partial charge in [-0.25, -0.2) is 0 Å². The summed E-state index contributed by atoms with van der Waals surface area (Å²) in [6.45, 7) is 2.52. The molecule has 0 spiro atoms. The number of thioether (sulfide) groups is 1. The highest BCUT2D eigenvalue weighted by molar-refractivity contribution is 8.00. The Kier molecular flexibility index (Phi) is 2.72. The predicted octanol–water partition coefficient (Wildman–Crippen LogP) is 2.78. The van der Waals surface area contributed by atoms with Gasteiger partial charge in [0.05, 0.1) is 0 Å². The van der Waals surface area contributed by atoms with Crippen LogP contribution in [0.5, 0.6) is 0 Å². The third kappa shape index (κ3) is 2.06. The second kappa shape index (κ2) is 4.18. The molecular weight excluding hydrogens is 202 g/mol. The predicted molar refractivity (Wildman–Crippen MR) is 65.2 cm³/mol. The molecule has 1 saturated heterocycles. The van der Waals surface area contributed by atoms with E-state index in [2.05, 4.69) is 47.4 Å². The lowest BCUT2D eigenvalue weighted by atomic mass is 10.0. The molecule has 1 N–H and O–H groups in total. The number of benzene rings is 1. The molecule has 2 fully saturated rings. The fourth-order valence-corrected chi connectivity index (χ4v) is 4.28. The van der Waals surface area contributed by atoms with Crippen molar-refractivity contribution in [2.75, 3.05) is 13.1 Å². The lowest BCUT2D eigenvalue weighted by Crippen LogP contribution is -2.12. The van der Waals surface area contributed by atoms with Gasteiger partial charge in [-0.2, -0.15) is 0 Å². The van der Waals surface area contributed by atoms with Crippen molar-refractivity contribution in [1.29, 1.82) is 0 Å². The highest BCUT2D eigenvalue weighted by Gasteiger charge is 2.37. The quantitative estimate of drug-likeness (QED) is 0.821. The van der Waals surface area contributed by atoms with E-state index in [9.17, 15) is 0 Å². The molecule has 1 aliphatic carbocycles. The zero-order valence-corrected chi connectivity index (χ0v) is 9.67. The second-order valence-corrected chi connectivity index (χ2v) is 6.08. The number of hydrogen-bond acceptors (Lipinski definition) is 2. The Morgan fingerprint density at radius 1 is 1.00 bits per heavy atom. The lowest BCUT2D eigenvalue weighted by Gasteiger charge is -2.10. The molecule has 2 aliphatic rings. The van der Waals surface area contributed by atoms with Crippen LogP contribution in [0.4, 0.5) is 0 Å². The minimum atomic E-state index is 0.865. The highest BCUT2D eigenvalue weighted by atomic mass is 32.2. The van der Waals surface area contributed by atoms with Crippen LogP contribution in [-0.4, -0.2) is 18.3 Å². The molecular formula is C13H17NS. The fourth-order valence-electron chi connectivity index (χ4n) is 2.90. The van der Waals surface area contributed by atoms with Crippen molar-refractivity contribution in [2.24, 2.45) is 11.8 Å². The van der Waals surface area contributed by atoms with Crippen LogP contribution < -0.4 is 5.32 Å². The Bertz CT molecular complexity index is 313. The number of nitrogens with one attached hydrogen (secondary N) is 1. The molecule has 1 aromatic rings. The van der Waals surface area contributed by atoms with Crippen LogP contribution in [0.15, 0.2) is 35.2 Å². The van der Waals surface area contributed by atoms with Crippen molar-refractivity contribution in [1.82, 2.24) is 5.32 Å². The van der Waals surface area contributed by atoms with Gasteiger partial charge < -0.3 is 5.32 Å². The number of rotatable bonds is 2. The first kappa shape index (κ1) is 9.73. The molecule has 1 heterocycles. The largest absolute Gasteiger partial charge is 0.316 e. The van der Waals surface area contributed by atoms with Gasteiger partial charge in [0, 0.05) is 10.1 Å². The normalized spacial score (nSPS) is 34.3. The van der Waals surface area contributed by atoms with Crippen molar-refractivity contribution in [3.8, 4) is 0 Å². The maximum Gasteiger partial charge on any atom is 0.0101 e. The molecule has 0 amide bonds. The van der Waals surface area contributed by atoms with E-state index >= 15 is 0 Å². The minimum Gasteiger partial charge on any atom is -0.316 e. The molecule has 2 heteroatoms. The number of fused-ring (bicyclic) bond motifs is 1. The fraction of sp³-hybridized carbons (Fsp3) is 0.538. The standard InChI is InChI=1S/C13H17NS/c1-2-4-12(5-3-1)15-13-6-10-8-14-9-11(10)7-13/h1-5,10-11,13-14H,6-9H2/t10-,11+,13+. The zero-order chi connectivity index (χ0) is 10.1. The second-order valence-electron chi connectivity index (χ2n) is 4.70. The summed E-state index contributed by atoms with van der Waals surface area (Å²) < 4.78 is 0. The Labute approximate surface area is 95.6 Å². The molecule has 3 atom stereocenters. The van der Waals surface area contributed by atoms with Crippen molar-refractivity contribution in [3.05, 3.63) is 30.3 Å². The molecule has 1 nitrogen and oxygen atoms in total. The summed E-state index contributed by atoms with van der Waals surface area (Å²) in [6, 6.07) is 10.8. The van der Waals surface area contributed by atoms with E-state index in [-0.39, 0.29) is 0 Å². The zero-order valence-electron chi connectivity index (χ0n) is 8.86. The summed E-state index contributed by atoms with van der Waals surface area (Å²) in [7, 11) is 0. The Morgan fingerprint density at radius 2 is 1.67 bits per heavy atom. The summed E-state index contributed by atoms with van der Waals surface area (Å²) in [6.07, 6.45) is 2.83. The molecule has 1 aliphatic heterocycles. The molecule has 3 rings (SSSR count). The van der Waals surface area contributed by atoms with Crippen molar-refractivity contribution in [3.63, 3.8) is 0 Å². The molecule has 15 heavy (non-hydrogen) atoms. The maximum absolute atomic E-state index is 3.50. The summed E-state index contributed by atoms with van der Waals surface area (Å²) in [5, 5.41) is 4.36. The van der Waals surface area contributed by atoms with Gasteiger partial charge in [0.1, 0.15) is 0 Å². The minimum absolute atomic E-state index is 0.865. The summed E-state index contributed by atoms with van der Waals surface area (Å²) >= 11 is 2.08. The first-order chi connectivity index (χ1) is 7.42. The first-order valence-corrected chi connectivity index (χ1v) is 6.72. The average Bonchev–Trinajstić information content (AvgIpc) is 2.79. The van der Waals surface area contributed by atoms with Gasteiger partial charge in [-0.3, -0.25) is 0 Å². The van der Waals surface area contributed by atoms with Gasteiger partial charge in [-0.15, -0.1) is 11.8 Å². The van der Waals surface area contributed by atoms with Crippen LogP contribution in [0.3, 0.4) is 0 Å². The van der Waals surface area contributed by atoms with E-state index in [4.69, 9.17) is 0 Å². The van der Waals surface area contributed by atoms with Crippen LogP contribution in [0.2, 0.25) is 0 Å². The molecule has 0 bridgehead atoms. The molecule has 80 valence electrons. The summed E-state index contributed by atoms with van der Waals surface area (Å²) in [5.74, 6) is 1.93. The third-order valence-corrected chi connectivity index (χ3v) is 4.92. The van der Waals surface area contributed by atoms with Gasteiger partial charge in [-0.05, 0) is 49.9 Å². The lowest BCUT2D eigenvalue weighted by molar-refractivity contribution is 0.494. The summed E-state index contributed by atoms with van der Waals surface area (Å²) in [4.78, 5) is 1.44. The Hall–Kier alpha value is -0.470. The van der Waals surface area contributed by atoms with Gasteiger partial charge in [-0.1, -0.05) is 18.2 Å². The summed E-state index contributed by atoms with van der Waals surface area (Å²) in [5.41, 5.74) is 0. The Balaban J connectivity index is 1.62. The van der Waals surface area contributed by atoms with Gasteiger partial charge in [0.25, 0.3) is 0 Å². The average molecular weight is 219 g/mol. The van der Waals surface area contributed by atoms with Crippen LogP contribution in [0.25, 0.3) is 0 Å². The van der Waals surface area contributed by atoms with Crippen molar-refractivity contribution >= 4 is 11.8 Å². The van der Waals surface area contributed by atoms with E-state index in [1.807, 2.05) is 0 Å². The van der Waals surface area contributed by atoms with Crippen molar-refractivity contribution < 1.29 is 0 Å². The molecule has 1 saturated carbocycles. The van der Waals surface area contributed by atoms with E-state index in [1.54, 1.807) is 0 Å². The van der Waals surface area contributed by atoms with E-state index in [0.717, 1.165) is 17.1 Å². The van der Waals surface area contributed by atoms with Gasteiger partial charge >= 0.3 is 0 Å². The number of hydrogen-bond donors (Lipinski definition) is 1. The third-order valence-electron chi connectivity index (χ3n) is 3.66. The van der Waals surface area contributed by atoms with Crippen molar-refractivity contribution in [2.45, 2.75) is 23.0 Å². The van der Waals surface area contributed by atoms with Crippen LogP contribution >= 0.6 is 11.8 Å². The Morgan fingerprint density at radius 3 is 2.33 bits per heavy atom. The monoisotopic (exact) mass is 219 g/mol. The van der Waals surface area contributed by atoms with Crippen LogP contribution in [0.1, 0.15) is 12.8 Å². The molecule has 1 aromatic carbocycles. The van der Waals surface area contributed by atoms with E-state index in [0.29, 0.717) is 0 Å². The smallest absolute Gasteiger partial charge is 0.0101 e. The first-order valence-electron chi connectivity index (χ1n) is 5.84. The maximum atomic E-state index is 3.50. The topological polar surface area (TPSA) is 12.0 Å². The molecule has 0 aromatic heterocycles. The van der Waals surface area contributed by atoms with E-state index < -0.39 is 0 Å². The van der Waals surface area contributed by atoms with Crippen LogP contribution in [0, 0.1) is 11.8 Å². The van der Waals surface area contributed by atoms with Gasteiger partial charge in [0.2, 0.25) is 0 Å². The SMILES string of the molecule is c1ccc(S[C@@H]2C[C@H]3CNC[C@H]3C2)cc1. The van der Waals surface area contributed by atoms with E-state index in [1.165, 1.54) is 30.8 Å². The highest BCUT2D eigenvalue weighted by Crippen LogP contribution is 2.42.